The molecule has 122 valence electrons. The van der Waals surface area contributed by atoms with Crippen molar-refractivity contribution >= 4 is 10.3 Å². The molecule has 2 N–H and O–H groups in total. The molecule has 1 saturated heterocycles. The van der Waals surface area contributed by atoms with Crippen LogP contribution in [0.5, 0.6) is 0 Å². The third kappa shape index (κ3) is 3.67. The molecule has 0 amide bonds. The van der Waals surface area contributed by atoms with Crippen LogP contribution in [0.1, 0.15) is 43.8 Å². The van der Waals surface area contributed by atoms with Crippen molar-refractivity contribution in [3.05, 3.63) is 35.9 Å². The number of hydrogen-bond acceptors (Lipinski definition) is 5. The lowest BCUT2D eigenvalue weighted by Gasteiger charge is -2.32. The van der Waals surface area contributed by atoms with Crippen LogP contribution in [0.4, 0.5) is 0 Å². The van der Waals surface area contributed by atoms with Crippen molar-refractivity contribution in [2.45, 2.75) is 50.1 Å². The zero-order valence-electron chi connectivity index (χ0n) is 12.3. The van der Waals surface area contributed by atoms with Crippen LogP contribution in [-0.4, -0.2) is 26.9 Å². The highest BCUT2D eigenvalue weighted by Gasteiger charge is 2.48. The van der Waals surface area contributed by atoms with Gasteiger partial charge in [-0.3, -0.25) is 4.18 Å². The molecule has 1 aromatic rings. The fourth-order valence-electron chi connectivity index (χ4n) is 3.21. The second kappa shape index (κ2) is 6.25. The minimum atomic E-state index is -4.00. The van der Waals surface area contributed by atoms with Crippen LogP contribution in [0.2, 0.25) is 0 Å². The maximum atomic E-state index is 11.1. The van der Waals surface area contributed by atoms with E-state index in [1.165, 1.54) is 6.42 Å². The van der Waals surface area contributed by atoms with Crippen LogP contribution in [-0.2, 0) is 24.0 Å². The molecule has 0 bridgehead atoms. The van der Waals surface area contributed by atoms with Gasteiger partial charge in [-0.1, -0.05) is 36.8 Å². The average Bonchev–Trinajstić information content (AvgIpc) is 2.85. The fourth-order valence-corrected chi connectivity index (χ4v) is 3.53. The second-order valence-electron chi connectivity index (χ2n) is 5.85. The Morgan fingerprint density at radius 2 is 1.82 bits per heavy atom. The Morgan fingerprint density at radius 1 is 1.14 bits per heavy atom. The molecule has 0 aromatic heterocycles. The molecule has 2 atom stereocenters. The molecule has 1 heterocycles. The molecule has 1 saturated carbocycles. The number of ether oxygens (including phenoxy) is 2. The lowest BCUT2D eigenvalue weighted by Crippen LogP contribution is -2.34. The van der Waals surface area contributed by atoms with E-state index >= 15 is 0 Å². The Kier molecular flexibility index (Phi) is 4.52. The summed E-state index contributed by atoms with van der Waals surface area (Å²) < 4.78 is 39.2. The van der Waals surface area contributed by atoms with Crippen molar-refractivity contribution in [3.63, 3.8) is 0 Å². The normalized spacial score (nSPS) is 28.0. The summed E-state index contributed by atoms with van der Waals surface area (Å²) in [4.78, 5) is 0. The van der Waals surface area contributed by atoms with Gasteiger partial charge in [0, 0.05) is 12.8 Å². The largest absolute Gasteiger partial charge is 0.341 e. The first-order valence-electron chi connectivity index (χ1n) is 7.55. The van der Waals surface area contributed by atoms with Gasteiger partial charge in [0.2, 0.25) is 0 Å². The average molecular weight is 327 g/mol. The van der Waals surface area contributed by atoms with Crippen molar-refractivity contribution in [2.24, 2.45) is 5.14 Å². The van der Waals surface area contributed by atoms with Crippen molar-refractivity contribution in [2.75, 3.05) is 6.61 Å². The summed E-state index contributed by atoms with van der Waals surface area (Å²) in [6.45, 7) is -0.139. The van der Waals surface area contributed by atoms with Gasteiger partial charge in [0.25, 0.3) is 0 Å². The van der Waals surface area contributed by atoms with E-state index in [4.69, 9.17) is 18.8 Å². The maximum absolute atomic E-state index is 11.1. The summed E-state index contributed by atoms with van der Waals surface area (Å²) >= 11 is 0. The van der Waals surface area contributed by atoms with E-state index in [1.54, 1.807) is 0 Å². The smallest absolute Gasteiger partial charge is 0.333 e. The number of nitrogens with two attached hydrogens (primary N) is 1. The lowest BCUT2D eigenvalue weighted by molar-refractivity contribution is -0.196. The van der Waals surface area contributed by atoms with E-state index in [2.05, 4.69) is 0 Å². The first-order valence-corrected chi connectivity index (χ1v) is 9.02. The van der Waals surface area contributed by atoms with Crippen molar-refractivity contribution in [3.8, 4) is 0 Å². The Morgan fingerprint density at radius 3 is 2.45 bits per heavy atom. The predicted octanol–water partition coefficient (Wildman–Crippen LogP) is 2.02. The van der Waals surface area contributed by atoms with E-state index in [-0.39, 0.29) is 12.7 Å². The monoisotopic (exact) mass is 327 g/mol. The minimum absolute atomic E-state index is 0.139. The molecule has 2 aliphatic rings. The Labute approximate surface area is 130 Å². The SMILES string of the molecule is NS(=O)(=O)OC[C@@H]1OC2(CCCCC2)O[C@H]1c1ccccc1. The Bertz CT molecular complexity index is 598. The van der Waals surface area contributed by atoms with Gasteiger partial charge in [0.05, 0.1) is 6.61 Å². The molecule has 1 spiro atoms. The second-order valence-corrected chi connectivity index (χ2v) is 7.08. The van der Waals surface area contributed by atoms with Gasteiger partial charge >= 0.3 is 10.3 Å². The molecule has 22 heavy (non-hydrogen) atoms. The standard InChI is InChI=1S/C15H21NO5S/c16-22(17,18)19-11-13-14(12-7-3-1-4-8-12)21-15(20-13)9-5-2-6-10-15/h1,3-4,7-8,13-14H,2,5-6,9-11H2,(H2,16,17,18)/t13-,14-/m0/s1. The summed E-state index contributed by atoms with van der Waals surface area (Å²) in [5.74, 6) is -0.620. The van der Waals surface area contributed by atoms with E-state index < -0.39 is 22.2 Å². The summed E-state index contributed by atoms with van der Waals surface area (Å²) in [5, 5.41) is 4.92. The van der Waals surface area contributed by atoms with Gasteiger partial charge in [-0.25, -0.2) is 5.14 Å². The number of hydrogen-bond donors (Lipinski definition) is 1. The van der Waals surface area contributed by atoms with Gasteiger partial charge in [-0.05, 0) is 18.4 Å². The molecule has 2 fully saturated rings. The number of benzene rings is 1. The Hall–Kier alpha value is -0.990. The zero-order valence-corrected chi connectivity index (χ0v) is 13.1. The molecule has 1 aromatic carbocycles. The molecule has 0 radical (unpaired) electrons. The first-order chi connectivity index (χ1) is 10.5. The topological polar surface area (TPSA) is 87.9 Å². The third-order valence-electron chi connectivity index (χ3n) is 4.19. The highest BCUT2D eigenvalue weighted by molar-refractivity contribution is 7.84. The third-order valence-corrected chi connectivity index (χ3v) is 4.65. The van der Waals surface area contributed by atoms with Crippen molar-refractivity contribution in [1.82, 2.24) is 0 Å². The van der Waals surface area contributed by atoms with E-state index in [0.29, 0.717) is 0 Å². The van der Waals surface area contributed by atoms with Crippen LogP contribution < -0.4 is 5.14 Å². The van der Waals surface area contributed by atoms with Crippen LogP contribution in [0, 0.1) is 0 Å². The molecule has 7 heteroatoms. The molecule has 1 aliphatic heterocycles. The van der Waals surface area contributed by atoms with E-state index in [0.717, 1.165) is 31.2 Å². The quantitative estimate of drug-likeness (QED) is 0.914. The lowest BCUT2D eigenvalue weighted by atomic mass is 9.94. The summed E-state index contributed by atoms with van der Waals surface area (Å²) in [7, 11) is -4.00. The maximum Gasteiger partial charge on any atom is 0.333 e. The zero-order chi connectivity index (χ0) is 15.6. The van der Waals surface area contributed by atoms with Gasteiger partial charge in [0.15, 0.2) is 5.79 Å². The molecule has 0 unspecified atom stereocenters. The molecular weight excluding hydrogens is 306 g/mol. The molecule has 1 aliphatic carbocycles. The van der Waals surface area contributed by atoms with Gasteiger partial charge in [0.1, 0.15) is 12.2 Å². The minimum Gasteiger partial charge on any atom is -0.341 e. The van der Waals surface area contributed by atoms with Crippen LogP contribution >= 0.6 is 0 Å². The highest BCUT2D eigenvalue weighted by atomic mass is 32.2. The summed E-state index contributed by atoms with van der Waals surface area (Å²) in [6, 6.07) is 9.65. The predicted molar refractivity (Wildman–Crippen MR) is 80.0 cm³/mol. The van der Waals surface area contributed by atoms with Gasteiger partial charge < -0.3 is 9.47 Å². The fraction of sp³-hybridized carbons (Fsp3) is 0.600. The number of rotatable bonds is 4. The summed E-state index contributed by atoms with van der Waals surface area (Å²) in [5.41, 5.74) is 0.952. The van der Waals surface area contributed by atoms with Crippen molar-refractivity contribution < 1.29 is 22.1 Å². The van der Waals surface area contributed by atoms with E-state index in [9.17, 15) is 8.42 Å². The molecular formula is C15H21NO5S. The highest BCUT2D eigenvalue weighted by Crippen LogP contribution is 2.46. The van der Waals surface area contributed by atoms with Crippen molar-refractivity contribution in [1.29, 1.82) is 0 Å². The molecule has 6 nitrogen and oxygen atoms in total. The van der Waals surface area contributed by atoms with Gasteiger partial charge in [-0.15, -0.1) is 0 Å². The Balaban J connectivity index is 1.80. The van der Waals surface area contributed by atoms with Crippen LogP contribution in [0.15, 0.2) is 30.3 Å². The summed E-state index contributed by atoms with van der Waals surface area (Å²) in [6.07, 6.45) is 4.07. The van der Waals surface area contributed by atoms with Gasteiger partial charge in [-0.2, -0.15) is 8.42 Å². The van der Waals surface area contributed by atoms with Crippen LogP contribution in [0.25, 0.3) is 0 Å². The molecule has 3 rings (SSSR count). The van der Waals surface area contributed by atoms with E-state index in [1.807, 2.05) is 30.3 Å². The van der Waals surface area contributed by atoms with Crippen LogP contribution in [0.3, 0.4) is 0 Å². The first kappa shape index (κ1) is 15.9.